The first-order chi connectivity index (χ1) is 12.0. The molecule has 0 spiro atoms. The molecule has 10 heteroatoms. The van der Waals surface area contributed by atoms with Crippen molar-refractivity contribution in [1.82, 2.24) is 15.3 Å². The van der Waals surface area contributed by atoms with Crippen LogP contribution in [0.2, 0.25) is 0 Å². The molecule has 130 valence electrons. The largest absolute Gasteiger partial charge is 0.479 e. The summed E-state index contributed by atoms with van der Waals surface area (Å²) in [7, 11) is 1.34. The van der Waals surface area contributed by atoms with Gasteiger partial charge in [-0.05, 0) is 23.9 Å². The normalized spacial score (nSPS) is 14.4. The van der Waals surface area contributed by atoms with Crippen LogP contribution >= 0.6 is 11.8 Å². The van der Waals surface area contributed by atoms with Crippen molar-refractivity contribution in [2.45, 2.75) is 16.5 Å². The van der Waals surface area contributed by atoms with Gasteiger partial charge in [-0.1, -0.05) is 6.07 Å². The number of benzene rings is 1. The van der Waals surface area contributed by atoms with Gasteiger partial charge < -0.3 is 4.74 Å². The summed E-state index contributed by atoms with van der Waals surface area (Å²) in [6.07, 6.45) is 1.44. The van der Waals surface area contributed by atoms with Crippen molar-refractivity contribution in [3.8, 4) is 5.88 Å². The van der Waals surface area contributed by atoms with Gasteiger partial charge in [-0.15, -0.1) is 0 Å². The van der Waals surface area contributed by atoms with Crippen LogP contribution in [0.15, 0.2) is 34.4 Å². The van der Waals surface area contributed by atoms with Crippen LogP contribution in [0, 0.1) is 11.6 Å². The highest BCUT2D eigenvalue weighted by Crippen LogP contribution is 2.33. The van der Waals surface area contributed by atoms with Gasteiger partial charge in [-0.3, -0.25) is 15.0 Å². The number of nitrogens with zero attached hydrogens (tertiary/aromatic N) is 3. The van der Waals surface area contributed by atoms with Crippen molar-refractivity contribution >= 4 is 29.4 Å². The fourth-order valence-corrected chi connectivity index (χ4v) is 2.94. The second-order valence-electron chi connectivity index (χ2n) is 4.95. The van der Waals surface area contributed by atoms with Gasteiger partial charge in [0.25, 0.3) is 0 Å². The standard InChI is InChI=1S/C15H12F2N4O3S/c1-24-13-10(21-6-5-11(22)19-15(21)23)7-18-14(20-13)25-12-8(16)3-2-4-9(12)17/h2-4,7H,5-6H2,1H3,(H,19,22,23). The zero-order valence-electron chi connectivity index (χ0n) is 13.0. The van der Waals surface area contributed by atoms with Gasteiger partial charge in [-0.25, -0.2) is 18.6 Å². The van der Waals surface area contributed by atoms with Crippen LogP contribution in [-0.4, -0.2) is 35.6 Å². The number of ether oxygens (including phenoxy) is 1. The number of carbonyl (C=O) groups is 2. The number of carbonyl (C=O) groups excluding carboxylic acids is 2. The summed E-state index contributed by atoms with van der Waals surface area (Å²) >= 11 is 0.702. The zero-order chi connectivity index (χ0) is 18.0. The molecule has 25 heavy (non-hydrogen) atoms. The van der Waals surface area contributed by atoms with Crippen LogP contribution in [0.1, 0.15) is 6.42 Å². The average Bonchev–Trinajstić information content (AvgIpc) is 2.58. The molecule has 1 saturated heterocycles. The Labute approximate surface area is 145 Å². The molecule has 0 bridgehead atoms. The summed E-state index contributed by atoms with van der Waals surface area (Å²) in [5, 5.41) is 2.23. The minimum Gasteiger partial charge on any atom is -0.479 e. The van der Waals surface area contributed by atoms with E-state index in [4.69, 9.17) is 4.74 Å². The number of nitrogens with one attached hydrogen (secondary N) is 1. The van der Waals surface area contributed by atoms with Crippen LogP contribution < -0.4 is 15.0 Å². The maximum Gasteiger partial charge on any atom is 0.328 e. The number of urea groups is 1. The molecule has 0 radical (unpaired) electrons. The van der Waals surface area contributed by atoms with E-state index in [1.165, 1.54) is 24.3 Å². The van der Waals surface area contributed by atoms with Crippen molar-refractivity contribution in [3.05, 3.63) is 36.0 Å². The molecule has 1 aromatic heterocycles. The lowest BCUT2D eigenvalue weighted by atomic mass is 10.3. The predicted molar refractivity (Wildman–Crippen MR) is 84.6 cm³/mol. The van der Waals surface area contributed by atoms with E-state index in [0.29, 0.717) is 11.8 Å². The summed E-state index contributed by atoms with van der Waals surface area (Å²) in [6.45, 7) is 0.152. The molecule has 2 heterocycles. The third-order valence-corrected chi connectivity index (χ3v) is 4.34. The average molecular weight is 366 g/mol. The Bertz CT molecular complexity index is 829. The molecule has 1 N–H and O–H groups in total. The van der Waals surface area contributed by atoms with Gasteiger partial charge in [0.05, 0.1) is 18.2 Å². The van der Waals surface area contributed by atoms with Crippen LogP contribution in [0.25, 0.3) is 0 Å². The molecule has 0 atom stereocenters. The molecule has 3 amide bonds. The van der Waals surface area contributed by atoms with Crippen molar-refractivity contribution in [2.75, 3.05) is 18.6 Å². The Hall–Kier alpha value is -2.75. The van der Waals surface area contributed by atoms with Gasteiger partial charge >= 0.3 is 6.03 Å². The second kappa shape index (κ2) is 7.01. The highest BCUT2D eigenvalue weighted by atomic mass is 32.2. The lowest BCUT2D eigenvalue weighted by molar-refractivity contribution is -0.120. The Morgan fingerprint density at radius 1 is 1.28 bits per heavy atom. The van der Waals surface area contributed by atoms with E-state index in [-0.39, 0.29) is 40.5 Å². The first-order valence-corrected chi connectivity index (χ1v) is 7.95. The molecule has 0 saturated carbocycles. The van der Waals surface area contributed by atoms with E-state index in [0.717, 1.165) is 12.1 Å². The molecule has 1 fully saturated rings. The number of anilines is 1. The summed E-state index contributed by atoms with van der Waals surface area (Å²) < 4.78 is 32.6. The Kier molecular flexibility index (Phi) is 4.79. The van der Waals surface area contributed by atoms with E-state index < -0.39 is 17.7 Å². The second-order valence-corrected chi connectivity index (χ2v) is 5.93. The van der Waals surface area contributed by atoms with Gasteiger partial charge in [0, 0.05) is 13.0 Å². The van der Waals surface area contributed by atoms with Gasteiger partial charge in [0.15, 0.2) is 5.16 Å². The summed E-state index contributed by atoms with van der Waals surface area (Å²) in [6, 6.07) is 2.91. The van der Waals surface area contributed by atoms with Crippen molar-refractivity contribution in [3.63, 3.8) is 0 Å². The number of methoxy groups -OCH3 is 1. The molecule has 3 rings (SSSR count). The molecule has 0 unspecified atom stereocenters. The van der Waals surface area contributed by atoms with Crippen LogP contribution in [0.4, 0.5) is 19.3 Å². The Morgan fingerprint density at radius 3 is 2.64 bits per heavy atom. The minimum atomic E-state index is -0.731. The molecular weight excluding hydrogens is 354 g/mol. The number of hydrogen-bond donors (Lipinski definition) is 1. The third kappa shape index (κ3) is 3.53. The molecule has 7 nitrogen and oxygen atoms in total. The maximum atomic E-state index is 13.7. The lowest BCUT2D eigenvalue weighted by Crippen LogP contribution is -2.49. The number of hydrogen-bond acceptors (Lipinski definition) is 6. The number of aromatic nitrogens is 2. The highest BCUT2D eigenvalue weighted by molar-refractivity contribution is 7.99. The van der Waals surface area contributed by atoms with Gasteiger partial charge in [-0.2, -0.15) is 4.98 Å². The first kappa shape index (κ1) is 17.1. The maximum absolute atomic E-state index is 13.7. The van der Waals surface area contributed by atoms with Crippen molar-refractivity contribution in [1.29, 1.82) is 0 Å². The number of imide groups is 1. The van der Waals surface area contributed by atoms with E-state index in [1.807, 2.05) is 0 Å². The highest BCUT2D eigenvalue weighted by Gasteiger charge is 2.28. The third-order valence-electron chi connectivity index (χ3n) is 3.36. The van der Waals surface area contributed by atoms with Crippen LogP contribution in [0.5, 0.6) is 5.88 Å². The van der Waals surface area contributed by atoms with Crippen LogP contribution in [-0.2, 0) is 4.79 Å². The van der Waals surface area contributed by atoms with E-state index >= 15 is 0 Å². The van der Waals surface area contributed by atoms with Gasteiger partial charge in [0.2, 0.25) is 11.8 Å². The van der Waals surface area contributed by atoms with Crippen molar-refractivity contribution in [2.24, 2.45) is 0 Å². The first-order valence-electron chi connectivity index (χ1n) is 7.14. The molecule has 2 aromatic rings. The number of halogens is 2. The Morgan fingerprint density at radius 2 is 2.00 bits per heavy atom. The summed E-state index contributed by atoms with van der Waals surface area (Å²) in [4.78, 5) is 32.3. The lowest BCUT2D eigenvalue weighted by Gasteiger charge is -2.26. The van der Waals surface area contributed by atoms with E-state index in [2.05, 4.69) is 15.3 Å². The van der Waals surface area contributed by atoms with Crippen LogP contribution in [0.3, 0.4) is 0 Å². The summed E-state index contributed by atoms with van der Waals surface area (Å²) in [5.41, 5.74) is 0.255. The quantitative estimate of drug-likeness (QED) is 0.837. The predicted octanol–water partition coefficient (Wildman–Crippen LogP) is 2.36. The fourth-order valence-electron chi connectivity index (χ4n) is 2.19. The molecular formula is C15H12F2N4O3S. The fraction of sp³-hybridized carbons (Fsp3) is 0.200. The van der Waals surface area contributed by atoms with E-state index in [1.54, 1.807) is 0 Å². The summed E-state index contributed by atoms with van der Waals surface area (Å²) in [5.74, 6) is -1.78. The molecule has 1 aliphatic heterocycles. The zero-order valence-corrected chi connectivity index (χ0v) is 13.8. The smallest absolute Gasteiger partial charge is 0.328 e. The molecule has 1 aliphatic rings. The number of rotatable bonds is 4. The topological polar surface area (TPSA) is 84.4 Å². The van der Waals surface area contributed by atoms with Crippen molar-refractivity contribution < 1.29 is 23.1 Å². The Balaban J connectivity index is 1.90. The SMILES string of the molecule is COc1nc(Sc2c(F)cccc2F)ncc1N1CCC(=O)NC1=O. The molecule has 0 aliphatic carbocycles. The van der Waals surface area contributed by atoms with Gasteiger partial charge in [0.1, 0.15) is 17.3 Å². The minimum absolute atomic E-state index is 0.0538. The monoisotopic (exact) mass is 366 g/mol. The number of amides is 3. The van der Waals surface area contributed by atoms with E-state index in [9.17, 15) is 18.4 Å². The molecule has 1 aromatic carbocycles.